The van der Waals surface area contributed by atoms with Crippen molar-refractivity contribution in [2.75, 3.05) is 10.6 Å². The fraction of sp³-hybridized carbons (Fsp3) is 0.308. The summed E-state index contributed by atoms with van der Waals surface area (Å²) < 4.78 is 5.68. The number of hydrogen-bond acceptors (Lipinski definition) is 4. The van der Waals surface area contributed by atoms with E-state index in [4.69, 9.17) is 4.74 Å². The molecule has 0 aliphatic heterocycles. The second-order valence-corrected chi connectivity index (χ2v) is 9.63. The molecule has 1 aliphatic rings. The van der Waals surface area contributed by atoms with Crippen LogP contribution in [0.2, 0.25) is 0 Å². The molecule has 2 amide bonds. The van der Waals surface area contributed by atoms with Crippen LogP contribution in [0.3, 0.4) is 0 Å². The third-order valence-corrected chi connectivity index (χ3v) is 6.66. The highest BCUT2D eigenvalue weighted by Crippen LogP contribution is 2.40. The van der Waals surface area contributed by atoms with Gasteiger partial charge >= 0.3 is 0 Å². The van der Waals surface area contributed by atoms with E-state index in [1.54, 1.807) is 12.1 Å². The van der Waals surface area contributed by atoms with Crippen molar-refractivity contribution in [2.45, 2.75) is 46.1 Å². The lowest BCUT2D eigenvalue weighted by molar-refractivity contribution is 0.102. The normalized spacial score (nSPS) is 15.2. The molecule has 2 aromatic carbocycles. The number of carbonyl (C=O) groups is 2. The summed E-state index contributed by atoms with van der Waals surface area (Å²) in [5, 5.41) is 6.62. The average Bonchev–Trinajstić information content (AvgIpc) is 3.12. The first-order valence-electron chi connectivity index (χ1n) is 11.0. The Morgan fingerprint density at radius 3 is 2.41 bits per heavy atom. The van der Waals surface area contributed by atoms with Gasteiger partial charge in [-0.1, -0.05) is 25.1 Å². The summed E-state index contributed by atoms with van der Waals surface area (Å²) in [7, 11) is 0. The van der Waals surface area contributed by atoms with E-state index in [1.165, 1.54) is 16.2 Å². The number of thiophene rings is 1. The Hall–Kier alpha value is -3.12. The average molecular weight is 449 g/mol. The molecule has 4 rings (SSSR count). The number of anilines is 2. The lowest BCUT2D eigenvalue weighted by Gasteiger charge is -2.18. The predicted octanol–water partition coefficient (Wildman–Crippen LogP) is 6.16. The van der Waals surface area contributed by atoms with Gasteiger partial charge in [0.1, 0.15) is 10.8 Å². The first kappa shape index (κ1) is 22.1. The number of nitrogens with one attached hydrogen (secondary N) is 2. The monoisotopic (exact) mass is 448 g/mol. The van der Waals surface area contributed by atoms with Gasteiger partial charge in [0, 0.05) is 16.1 Å². The van der Waals surface area contributed by atoms with Gasteiger partial charge in [0.05, 0.1) is 11.7 Å². The van der Waals surface area contributed by atoms with Crippen molar-refractivity contribution < 1.29 is 14.3 Å². The molecule has 1 unspecified atom stereocenters. The van der Waals surface area contributed by atoms with Crippen LogP contribution in [0.25, 0.3) is 0 Å². The minimum Gasteiger partial charge on any atom is -0.491 e. The molecule has 0 fully saturated rings. The van der Waals surface area contributed by atoms with Gasteiger partial charge < -0.3 is 15.4 Å². The number of carbonyl (C=O) groups excluding carboxylic acids is 2. The molecule has 0 saturated carbocycles. The van der Waals surface area contributed by atoms with Crippen LogP contribution in [-0.2, 0) is 12.8 Å². The minimum atomic E-state index is -0.207. The van der Waals surface area contributed by atoms with E-state index in [2.05, 4.69) is 17.6 Å². The van der Waals surface area contributed by atoms with E-state index in [-0.39, 0.29) is 17.9 Å². The molecule has 166 valence electrons. The maximum Gasteiger partial charge on any atom is 0.258 e. The molecular weight excluding hydrogens is 420 g/mol. The summed E-state index contributed by atoms with van der Waals surface area (Å²) in [5.74, 6) is 0.929. The van der Waals surface area contributed by atoms with Gasteiger partial charge in [0.2, 0.25) is 0 Å². The molecule has 1 aliphatic carbocycles. The molecule has 0 saturated heterocycles. The van der Waals surface area contributed by atoms with Crippen LogP contribution in [0.4, 0.5) is 10.7 Å². The molecular formula is C26H28N2O3S. The van der Waals surface area contributed by atoms with Crippen LogP contribution in [0, 0.1) is 5.92 Å². The van der Waals surface area contributed by atoms with Crippen LogP contribution >= 0.6 is 11.3 Å². The highest BCUT2D eigenvalue weighted by Gasteiger charge is 2.28. The third-order valence-electron chi connectivity index (χ3n) is 5.49. The van der Waals surface area contributed by atoms with Crippen molar-refractivity contribution in [3.63, 3.8) is 0 Å². The Kier molecular flexibility index (Phi) is 6.61. The highest BCUT2D eigenvalue weighted by atomic mass is 32.1. The summed E-state index contributed by atoms with van der Waals surface area (Å²) in [6, 6.07) is 16.4. The minimum absolute atomic E-state index is 0.0888. The number of hydrogen-bond donors (Lipinski definition) is 2. The molecule has 0 radical (unpaired) electrons. The Labute approximate surface area is 192 Å². The quantitative estimate of drug-likeness (QED) is 0.474. The van der Waals surface area contributed by atoms with E-state index in [0.717, 1.165) is 30.6 Å². The van der Waals surface area contributed by atoms with Gasteiger partial charge in [0.15, 0.2) is 0 Å². The largest absolute Gasteiger partial charge is 0.491 e. The van der Waals surface area contributed by atoms with Crippen molar-refractivity contribution in [3.8, 4) is 5.75 Å². The number of amides is 2. The van der Waals surface area contributed by atoms with Gasteiger partial charge in [-0.3, -0.25) is 9.59 Å². The second kappa shape index (κ2) is 9.57. The topological polar surface area (TPSA) is 67.4 Å². The van der Waals surface area contributed by atoms with Crippen LogP contribution in [-0.4, -0.2) is 17.9 Å². The molecule has 0 bridgehead atoms. The van der Waals surface area contributed by atoms with Crippen molar-refractivity contribution in [2.24, 2.45) is 5.92 Å². The Morgan fingerprint density at radius 1 is 1.00 bits per heavy atom. The van der Waals surface area contributed by atoms with Crippen molar-refractivity contribution in [1.29, 1.82) is 0 Å². The summed E-state index contributed by atoms with van der Waals surface area (Å²) in [5.41, 5.74) is 2.91. The van der Waals surface area contributed by atoms with Crippen molar-refractivity contribution in [3.05, 3.63) is 76.2 Å². The SMILES string of the molecule is CC1CCc2c(sc(NC(=O)c3ccccc3)c2C(=O)Nc2ccc(OC(C)C)cc2)C1. The van der Waals surface area contributed by atoms with Gasteiger partial charge in [-0.15, -0.1) is 11.3 Å². The van der Waals surface area contributed by atoms with E-state index in [0.29, 0.717) is 27.7 Å². The molecule has 3 aromatic rings. The summed E-state index contributed by atoms with van der Waals surface area (Å²) in [4.78, 5) is 27.3. The zero-order valence-electron chi connectivity index (χ0n) is 18.6. The number of fused-ring (bicyclic) bond motifs is 1. The number of rotatable bonds is 6. The van der Waals surface area contributed by atoms with E-state index < -0.39 is 0 Å². The predicted molar refractivity (Wildman–Crippen MR) is 130 cm³/mol. The fourth-order valence-electron chi connectivity index (χ4n) is 3.93. The lowest BCUT2D eigenvalue weighted by Crippen LogP contribution is -2.19. The first-order chi connectivity index (χ1) is 15.4. The van der Waals surface area contributed by atoms with Crippen molar-refractivity contribution >= 4 is 33.8 Å². The molecule has 32 heavy (non-hydrogen) atoms. The molecule has 1 aromatic heterocycles. The lowest BCUT2D eigenvalue weighted by atomic mass is 9.88. The van der Waals surface area contributed by atoms with E-state index in [1.807, 2.05) is 56.3 Å². The molecule has 1 atom stereocenters. The van der Waals surface area contributed by atoms with Crippen LogP contribution in [0.5, 0.6) is 5.75 Å². The summed E-state index contributed by atoms with van der Waals surface area (Å²) >= 11 is 1.52. The van der Waals surface area contributed by atoms with Gasteiger partial charge in [-0.05, 0) is 81.0 Å². The van der Waals surface area contributed by atoms with E-state index in [9.17, 15) is 9.59 Å². The fourth-order valence-corrected chi connectivity index (χ4v) is 5.33. The zero-order valence-corrected chi connectivity index (χ0v) is 19.4. The Morgan fingerprint density at radius 2 is 1.72 bits per heavy atom. The second-order valence-electron chi connectivity index (χ2n) is 8.52. The maximum atomic E-state index is 13.3. The smallest absolute Gasteiger partial charge is 0.258 e. The molecule has 0 spiro atoms. The number of benzene rings is 2. The Bertz CT molecular complexity index is 1100. The molecule has 2 N–H and O–H groups in total. The van der Waals surface area contributed by atoms with Gasteiger partial charge in [-0.25, -0.2) is 0 Å². The van der Waals surface area contributed by atoms with Gasteiger partial charge in [-0.2, -0.15) is 0 Å². The standard InChI is InChI=1S/C26H28N2O3S/c1-16(2)31-20-12-10-19(11-13-20)27-25(30)23-21-14-9-17(3)15-22(21)32-26(23)28-24(29)18-7-5-4-6-8-18/h4-8,10-13,16-17H,9,14-15H2,1-3H3,(H,27,30)(H,28,29). The Balaban J connectivity index is 1.60. The molecule has 6 heteroatoms. The van der Waals surface area contributed by atoms with Gasteiger partial charge in [0.25, 0.3) is 11.8 Å². The highest BCUT2D eigenvalue weighted by molar-refractivity contribution is 7.17. The summed E-state index contributed by atoms with van der Waals surface area (Å²) in [6.45, 7) is 6.18. The van der Waals surface area contributed by atoms with Crippen LogP contribution in [0.1, 0.15) is 58.3 Å². The molecule has 5 nitrogen and oxygen atoms in total. The maximum absolute atomic E-state index is 13.3. The van der Waals surface area contributed by atoms with E-state index >= 15 is 0 Å². The number of ether oxygens (including phenoxy) is 1. The molecule has 1 heterocycles. The van der Waals surface area contributed by atoms with Crippen LogP contribution < -0.4 is 15.4 Å². The summed E-state index contributed by atoms with van der Waals surface area (Å²) in [6.07, 6.45) is 2.91. The third kappa shape index (κ3) is 5.02. The zero-order chi connectivity index (χ0) is 22.7. The van der Waals surface area contributed by atoms with Crippen molar-refractivity contribution in [1.82, 2.24) is 0 Å². The van der Waals surface area contributed by atoms with Crippen LogP contribution in [0.15, 0.2) is 54.6 Å². The first-order valence-corrected chi connectivity index (χ1v) is 11.8.